The third-order valence-corrected chi connectivity index (χ3v) is 5.06. The average Bonchev–Trinajstić information content (AvgIpc) is 3.24. The fourth-order valence-corrected chi connectivity index (χ4v) is 3.32. The van der Waals surface area contributed by atoms with Gasteiger partial charge in [0, 0.05) is 50.9 Å². The molecule has 1 aliphatic rings. The van der Waals surface area contributed by atoms with Crippen molar-refractivity contribution in [2.75, 3.05) is 38.7 Å². The number of carbonyl (C=O) groups excluding carboxylic acids is 2. The van der Waals surface area contributed by atoms with Gasteiger partial charge in [-0.2, -0.15) is 0 Å². The molecule has 0 atom stereocenters. The highest BCUT2D eigenvalue weighted by Crippen LogP contribution is 2.21. The molecule has 2 aromatic rings. The SMILES string of the molecule is CN=C(NCCNC(=O)c1ccc(OC)cc1)NCc1ccc(N2CCCC2=O)cc1. The van der Waals surface area contributed by atoms with E-state index in [1.54, 1.807) is 38.4 Å². The van der Waals surface area contributed by atoms with Crippen LogP contribution in [-0.4, -0.2) is 51.6 Å². The number of benzene rings is 2. The molecule has 31 heavy (non-hydrogen) atoms. The van der Waals surface area contributed by atoms with Gasteiger partial charge in [0.15, 0.2) is 5.96 Å². The van der Waals surface area contributed by atoms with Gasteiger partial charge in [-0.3, -0.25) is 14.6 Å². The van der Waals surface area contributed by atoms with Crippen molar-refractivity contribution >= 4 is 23.5 Å². The maximum absolute atomic E-state index is 12.2. The highest BCUT2D eigenvalue weighted by Gasteiger charge is 2.21. The van der Waals surface area contributed by atoms with Gasteiger partial charge in [-0.15, -0.1) is 0 Å². The summed E-state index contributed by atoms with van der Waals surface area (Å²) in [4.78, 5) is 30.0. The van der Waals surface area contributed by atoms with Crippen molar-refractivity contribution in [3.8, 4) is 5.75 Å². The maximum atomic E-state index is 12.2. The fraction of sp³-hybridized carbons (Fsp3) is 0.348. The topological polar surface area (TPSA) is 95.1 Å². The van der Waals surface area contributed by atoms with Crippen molar-refractivity contribution in [1.82, 2.24) is 16.0 Å². The number of anilines is 1. The van der Waals surface area contributed by atoms with Crippen LogP contribution in [0.2, 0.25) is 0 Å². The van der Waals surface area contributed by atoms with E-state index in [4.69, 9.17) is 4.74 Å². The zero-order valence-electron chi connectivity index (χ0n) is 18.0. The Bertz CT molecular complexity index is 910. The lowest BCUT2D eigenvalue weighted by atomic mass is 10.2. The summed E-state index contributed by atoms with van der Waals surface area (Å²) >= 11 is 0. The van der Waals surface area contributed by atoms with Gasteiger partial charge in [-0.25, -0.2) is 0 Å². The molecule has 2 aromatic carbocycles. The second-order valence-corrected chi connectivity index (χ2v) is 7.15. The Labute approximate surface area is 182 Å². The number of nitrogens with one attached hydrogen (secondary N) is 3. The van der Waals surface area contributed by atoms with E-state index in [0.29, 0.717) is 43.3 Å². The summed E-state index contributed by atoms with van der Waals surface area (Å²) in [7, 11) is 3.29. The Balaban J connectivity index is 1.38. The number of hydrogen-bond donors (Lipinski definition) is 3. The van der Waals surface area contributed by atoms with E-state index < -0.39 is 0 Å². The number of guanidine groups is 1. The van der Waals surface area contributed by atoms with Crippen molar-refractivity contribution in [1.29, 1.82) is 0 Å². The van der Waals surface area contributed by atoms with Crippen LogP contribution < -0.4 is 25.6 Å². The predicted octanol–water partition coefficient (Wildman–Crippen LogP) is 1.92. The van der Waals surface area contributed by atoms with Crippen LogP contribution in [0.25, 0.3) is 0 Å². The van der Waals surface area contributed by atoms with Gasteiger partial charge in [0.05, 0.1) is 7.11 Å². The molecule has 1 saturated heterocycles. The first kappa shape index (κ1) is 22.1. The minimum Gasteiger partial charge on any atom is -0.497 e. The summed E-state index contributed by atoms with van der Waals surface area (Å²) < 4.78 is 5.10. The number of rotatable bonds is 8. The number of carbonyl (C=O) groups is 2. The van der Waals surface area contributed by atoms with Crippen molar-refractivity contribution in [3.05, 3.63) is 59.7 Å². The van der Waals surface area contributed by atoms with Gasteiger partial charge < -0.3 is 25.6 Å². The second-order valence-electron chi connectivity index (χ2n) is 7.15. The van der Waals surface area contributed by atoms with Gasteiger partial charge in [-0.05, 0) is 48.4 Å². The summed E-state index contributed by atoms with van der Waals surface area (Å²) in [6, 6.07) is 15.0. The summed E-state index contributed by atoms with van der Waals surface area (Å²) in [5, 5.41) is 9.29. The molecule has 0 radical (unpaired) electrons. The molecule has 0 aliphatic carbocycles. The van der Waals surface area contributed by atoms with E-state index in [1.165, 1.54) is 0 Å². The van der Waals surface area contributed by atoms with Crippen LogP contribution >= 0.6 is 0 Å². The van der Waals surface area contributed by atoms with Gasteiger partial charge >= 0.3 is 0 Å². The molecule has 8 nitrogen and oxygen atoms in total. The molecule has 0 bridgehead atoms. The van der Waals surface area contributed by atoms with Crippen molar-refractivity contribution in [2.45, 2.75) is 19.4 Å². The molecule has 0 unspecified atom stereocenters. The molecular weight excluding hydrogens is 394 g/mol. The van der Waals surface area contributed by atoms with Crippen LogP contribution in [0.15, 0.2) is 53.5 Å². The maximum Gasteiger partial charge on any atom is 0.251 e. The van der Waals surface area contributed by atoms with E-state index in [2.05, 4.69) is 20.9 Å². The normalized spacial score (nSPS) is 13.8. The number of ether oxygens (including phenoxy) is 1. The van der Waals surface area contributed by atoms with Crippen LogP contribution in [0.4, 0.5) is 5.69 Å². The van der Waals surface area contributed by atoms with Gasteiger partial charge in [0.2, 0.25) is 5.91 Å². The number of nitrogens with zero attached hydrogens (tertiary/aromatic N) is 2. The number of amides is 2. The smallest absolute Gasteiger partial charge is 0.251 e. The summed E-state index contributed by atoms with van der Waals surface area (Å²) in [5.41, 5.74) is 2.62. The molecule has 1 heterocycles. The standard InChI is InChI=1S/C23H29N5O3/c1-24-23(26-14-13-25-22(30)18-7-11-20(31-2)12-8-18)27-16-17-5-9-19(10-6-17)28-15-3-4-21(28)29/h5-12H,3-4,13-16H2,1-2H3,(H,25,30)(H2,24,26,27). The average molecular weight is 424 g/mol. The van der Waals surface area contributed by atoms with Crippen LogP contribution in [0.1, 0.15) is 28.8 Å². The van der Waals surface area contributed by atoms with Crippen LogP contribution in [-0.2, 0) is 11.3 Å². The third-order valence-electron chi connectivity index (χ3n) is 5.06. The van der Waals surface area contributed by atoms with E-state index in [-0.39, 0.29) is 11.8 Å². The molecule has 2 amide bonds. The van der Waals surface area contributed by atoms with Crippen LogP contribution in [0.5, 0.6) is 5.75 Å². The number of aliphatic imine (C=N–C) groups is 1. The van der Waals surface area contributed by atoms with E-state index in [1.807, 2.05) is 29.2 Å². The van der Waals surface area contributed by atoms with E-state index in [9.17, 15) is 9.59 Å². The lowest BCUT2D eigenvalue weighted by molar-refractivity contribution is -0.117. The zero-order valence-corrected chi connectivity index (χ0v) is 18.0. The lowest BCUT2D eigenvalue weighted by Gasteiger charge is -2.16. The molecule has 0 aromatic heterocycles. The quantitative estimate of drug-likeness (QED) is 0.343. The number of hydrogen-bond acceptors (Lipinski definition) is 4. The Kier molecular flexibility index (Phi) is 7.86. The largest absolute Gasteiger partial charge is 0.497 e. The van der Waals surface area contributed by atoms with Crippen molar-refractivity contribution < 1.29 is 14.3 Å². The first-order valence-corrected chi connectivity index (χ1v) is 10.4. The summed E-state index contributed by atoms with van der Waals surface area (Å²) in [5.74, 6) is 1.42. The molecule has 1 aliphatic heterocycles. The second kappa shape index (κ2) is 11.0. The fourth-order valence-electron chi connectivity index (χ4n) is 3.32. The number of methoxy groups -OCH3 is 1. The van der Waals surface area contributed by atoms with Gasteiger partial charge in [0.1, 0.15) is 5.75 Å². The van der Waals surface area contributed by atoms with Crippen LogP contribution in [0.3, 0.4) is 0 Å². The molecule has 3 rings (SSSR count). The van der Waals surface area contributed by atoms with Crippen LogP contribution in [0, 0.1) is 0 Å². The first-order valence-electron chi connectivity index (χ1n) is 10.4. The summed E-state index contributed by atoms with van der Waals surface area (Å²) in [6.45, 7) is 2.40. The molecule has 0 saturated carbocycles. The molecule has 8 heteroatoms. The van der Waals surface area contributed by atoms with E-state index >= 15 is 0 Å². The zero-order chi connectivity index (χ0) is 22.1. The highest BCUT2D eigenvalue weighted by molar-refractivity contribution is 5.95. The minimum absolute atomic E-state index is 0.135. The Morgan fingerprint density at radius 2 is 1.74 bits per heavy atom. The first-order chi connectivity index (χ1) is 15.1. The summed E-state index contributed by atoms with van der Waals surface area (Å²) in [6.07, 6.45) is 1.55. The molecule has 164 valence electrons. The molecule has 1 fully saturated rings. The Morgan fingerprint density at radius 3 is 2.35 bits per heavy atom. The van der Waals surface area contributed by atoms with Crippen molar-refractivity contribution in [3.63, 3.8) is 0 Å². The Morgan fingerprint density at radius 1 is 1.03 bits per heavy atom. The van der Waals surface area contributed by atoms with Gasteiger partial charge in [0.25, 0.3) is 5.91 Å². The van der Waals surface area contributed by atoms with E-state index in [0.717, 1.165) is 24.2 Å². The highest BCUT2D eigenvalue weighted by atomic mass is 16.5. The minimum atomic E-state index is -0.135. The van der Waals surface area contributed by atoms with Crippen molar-refractivity contribution in [2.24, 2.45) is 4.99 Å². The Hall–Kier alpha value is -3.55. The molecule has 0 spiro atoms. The monoisotopic (exact) mass is 423 g/mol. The predicted molar refractivity (Wildman–Crippen MR) is 122 cm³/mol. The molecular formula is C23H29N5O3. The lowest BCUT2D eigenvalue weighted by Crippen LogP contribution is -2.41. The van der Waals surface area contributed by atoms with Gasteiger partial charge in [-0.1, -0.05) is 12.1 Å². The third kappa shape index (κ3) is 6.21. The molecule has 3 N–H and O–H groups in total.